The molecule has 0 aliphatic carbocycles. The van der Waals surface area contributed by atoms with Crippen molar-refractivity contribution in [2.24, 2.45) is 0 Å². The van der Waals surface area contributed by atoms with Gasteiger partial charge in [0.1, 0.15) is 0 Å². The molecule has 18 heavy (non-hydrogen) atoms. The van der Waals surface area contributed by atoms with Gasteiger partial charge in [0.2, 0.25) is 0 Å². The molecule has 4 nitrogen and oxygen atoms in total. The average molecular weight is 258 g/mol. The maximum atomic E-state index is 9.47. The van der Waals surface area contributed by atoms with Gasteiger partial charge in [0.25, 0.3) is 0 Å². The van der Waals surface area contributed by atoms with Crippen molar-refractivity contribution in [3.63, 3.8) is 0 Å². The molecule has 0 aromatic heterocycles. The molecule has 2 N–H and O–H groups in total. The smallest absolute Gasteiger partial charge is 0.0702 e. The van der Waals surface area contributed by atoms with E-state index in [9.17, 15) is 5.11 Å². The highest BCUT2D eigenvalue weighted by Gasteiger charge is 2.28. The Morgan fingerprint density at radius 3 is 2.72 bits per heavy atom. The van der Waals surface area contributed by atoms with E-state index in [1.165, 1.54) is 12.8 Å². The number of ether oxygens (including phenoxy) is 1. The lowest BCUT2D eigenvalue weighted by atomic mass is 9.94. The summed E-state index contributed by atoms with van der Waals surface area (Å²) in [4.78, 5) is 2.46. The van der Waals surface area contributed by atoms with Crippen LogP contribution in [0.5, 0.6) is 0 Å². The van der Waals surface area contributed by atoms with E-state index in [-0.39, 0.29) is 12.1 Å². The summed E-state index contributed by atoms with van der Waals surface area (Å²) in [6, 6.07) is 0.448. The Hall–Kier alpha value is -0.160. The molecule has 1 rings (SSSR count). The third kappa shape index (κ3) is 4.50. The molecule has 4 heteroatoms. The molecule has 1 heterocycles. The van der Waals surface area contributed by atoms with Gasteiger partial charge >= 0.3 is 0 Å². The zero-order chi connectivity index (χ0) is 13.6. The van der Waals surface area contributed by atoms with E-state index in [4.69, 9.17) is 4.74 Å². The number of likely N-dealkylation sites (N-methyl/N-ethyl adjacent to an activating group) is 2. The van der Waals surface area contributed by atoms with Crippen LogP contribution in [0.1, 0.15) is 40.0 Å². The highest BCUT2D eigenvalue weighted by Crippen LogP contribution is 2.19. The fourth-order valence-electron chi connectivity index (χ4n) is 2.70. The molecule has 0 saturated carbocycles. The van der Waals surface area contributed by atoms with E-state index in [1.807, 2.05) is 7.05 Å². The van der Waals surface area contributed by atoms with E-state index in [0.29, 0.717) is 12.1 Å². The van der Waals surface area contributed by atoms with Crippen molar-refractivity contribution in [1.29, 1.82) is 0 Å². The molecule has 3 atom stereocenters. The highest BCUT2D eigenvalue weighted by molar-refractivity contribution is 4.86. The van der Waals surface area contributed by atoms with Crippen LogP contribution in [-0.4, -0.2) is 61.0 Å². The van der Waals surface area contributed by atoms with Gasteiger partial charge < -0.3 is 15.2 Å². The summed E-state index contributed by atoms with van der Waals surface area (Å²) in [5.41, 5.74) is -0.191. The maximum Gasteiger partial charge on any atom is 0.0702 e. The number of aliphatic hydroxyl groups is 1. The van der Waals surface area contributed by atoms with Crippen LogP contribution in [0.4, 0.5) is 0 Å². The highest BCUT2D eigenvalue weighted by atomic mass is 16.5. The monoisotopic (exact) mass is 258 g/mol. The van der Waals surface area contributed by atoms with Gasteiger partial charge in [-0.2, -0.15) is 0 Å². The number of hydrogen-bond acceptors (Lipinski definition) is 4. The number of nitrogens with zero attached hydrogens (tertiary/aromatic N) is 1. The predicted octanol–water partition coefficient (Wildman–Crippen LogP) is 1.24. The summed E-state index contributed by atoms with van der Waals surface area (Å²) in [5.74, 6) is 0. The first-order chi connectivity index (χ1) is 8.54. The zero-order valence-electron chi connectivity index (χ0n) is 12.4. The molecule has 1 fully saturated rings. The Bertz CT molecular complexity index is 226. The van der Waals surface area contributed by atoms with Gasteiger partial charge in [-0.25, -0.2) is 0 Å². The molecule has 0 bridgehead atoms. The van der Waals surface area contributed by atoms with Gasteiger partial charge in [-0.15, -0.1) is 0 Å². The quantitative estimate of drug-likeness (QED) is 0.687. The zero-order valence-corrected chi connectivity index (χ0v) is 12.4. The summed E-state index contributed by atoms with van der Waals surface area (Å²) in [7, 11) is 1.92. The molecule has 1 saturated heterocycles. The van der Waals surface area contributed by atoms with Crippen LogP contribution in [0.3, 0.4) is 0 Å². The maximum absolute atomic E-state index is 9.47. The van der Waals surface area contributed by atoms with Gasteiger partial charge in [0.15, 0.2) is 0 Å². The summed E-state index contributed by atoms with van der Waals surface area (Å²) in [5, 5.41) is 12.7. The van der Waals surface area contributed by atoms with E-state index in [0.717, 1.165) is 26.1 Å². The molecular formula is C14H30N2O2. The number of nitrogens with one attached hydrogen (secondary N) is 1. The van der Waals surface area contributed by atoms with Crippen LogP contribution >= 0.6 is 0 Å². The summed E-state index contributed by atoms with van der Waals surface area (Å²) >= 11 is 0. The van der Waals surface area contributed by atoms with E-state index >= 15 is 0 Å². The average Bonchev–Trinajstić information content (AvgIpc) is 2.88. The first-order valence-electron chi connectivity index (χ1n) is 7.20. The van der Waals surface area contributed by atoms with E-state index in [1.54, 1.807) is 0 Å². The normalized spacial score (nSPS) is 25.3. The van der Waals surface area contributed by atoms with Crippen molar-refractivity contribution in [2.75, 3.05) is 33.4 Å². The van der Waals surface area contributed by atoms with Crippen molar-refractivity contribution < 1.29 is 9.84 Å². The van der Waals surface area contributed by atoms with Crippen molar-refractivity contribution in [2.45, 2.75) is 57.7 Å². The standard InChI is InChI=1S/C14H30N2O2/c1-5-16(10-13-7-6-8-18-13)12(2)9-14(3,11-17)15-4/h12-13,15,17H,5-11H2,1-4H3. The molecule has 3 unspecified atom stereocenters. The van der Waals surface area contributed by atoms with Gasteiger partial charge in [0.05, 0.1) is 12.7 Å². The van der Waals surface area contributed by atoms with Crippen LogP contribution < -0.4 is 5.32 Å². The molecule has 0 amide bonds. The van der Waals surface area contributed by atoms with Gasteiger partial charge in [0, 0.05) is 24.7 Å². The lowest BCUT2D eigenvalue weighted by molar-refractivity contribution is 0.0503. The minimum Gasteiger partial charge on any atom is -0.394 e. The Morgan fingerprint density at radius 2 is 2.28 bits per heavy atom. The molecule has 0 spiro atoms. The Kier molecular flexibility index (Phi) is 6.57. The summed E-state index contributed by atoms with van der Waals surface area (Å²) in [6.07, 6.45) is 3.73. The predicted molar refractivity (Wildman–Crippen MR) is 74.9 cm³/mol. The van der Waals surface area contributed by atoms with Crippen molar-refractivity contribution in [1.82, 2.24) is 10.2 Å². The number of rotatable bonds is 8. The Morgan fingerprint density at radius 1 is 1.56 bits per heavy atom. The largest absolute Gasteiger partial charge is 0.394 e. The molecular weight excluding hydrogens is 228 g/mol. The fraction of sp³-hybridized carbons (Fsp3) is 1.00. The minimum atomic E-state index is -0.191. The van der Waals surface area contributed by atoms with Gasteiger partial charge in [-0.05, 0) is 46.7 Å². The molecule has 0 radical (unpaired) electrons. The summed E-state index contributed by atoms with van der Waals surface area (Å²) < 4.78 is 5.71. The second-order valence-corrected chi connectivity index (χ2v) is 5.74. The molecule has 1 aliphatic rings. The topological polar surface area (TPSA) is 44.7 Å². The molecule has 0 aromatic carbocycles. The molecule has 1 aliphatic heterocycles. The number of aliphatic hydroxyl groups excluding tert-OH is 1. The van der Waals surface area contributed by atoms with Crippen LogP contribution in [0.25, 0.3) is 0 Å². The van der Waals surface area contributed by atoms with Gasteiger partial charge in [-0.3, -0.25) is 4.90 Å². The van der Waals surface area contributed by atoms with Gasteiger partial charge in [-0.1, -0.05) is 6.92 Å². The van der Waals surface area contributed by atoms with Crippen LogP contribution in [0.2, 0.25) is 0 Å². The van der Waals surface area contributed by atoms with Crippen LogP contribution in [0.15, 0.2) is 0 Å². The van der Waals surface area contributed by atoms with E-state index < -0.39 is 0 Å². The van der Waals surface area contributed by atoms with Crippen molar-refractivity contribution in [3.05, 3.63) is 0 Å². The number of hydrogen-bond donors (Lipinski definition) is 2. The first-order valence-corrected chi connectivity index (χ1v) is 7.20. The third-order valence-electron chi connectivity index (χ3n) is 4.19. The second-order valence-electron chi connectivity index (χ2n) is 5.74. The lowest BCUT2D eigenvalue weighted by Gasteiger charge is -2.36. The molecule has 108 valence electrons. The fourth-order valence-corrected chi connectivity index (χ4v) is 2.70. The minimum absolute atomic E-state index is 0.172. The van der Waals surface area contributed by atoms with Crippen LogP contribution in [0, 0.1) is 0 Å². The Labute approximate surface area is 112 Å². The third-order valence-corrected chi connectivity index (χ3v) is 4.19. The summed E-state index contributed by atoms with van der Waals surface area (Å²) in [6.45, 7) is 9.65. The van der Waals surface area contributed by atoms with Crippen LogP contribution in [-0.2, 0) is 4.74 Å². The lowest BCUT2D eigenvalue weighted by Crippen LogP contribution is -2.50. The molecule has 0 aromatic rings. The second kappa shape index (κ2) is 7.43. The van der Waals surface area contributed by atoms with E-state index in [2.05, 4.69) is 31.0 Å². The SMILES string of the molecule is CCN(CC1CCCO1)C(C)CC(C)(CO)NC. The van der Waals surface area contributed by atoms with Crippen molar-refractivity contribution in [3.8, 4) is 0 Å². The first kappa shape index (κ1) is 15.9. The van der Waals surface area contributed by atoms with Crippen molar-refractivity contribution >= 4 is 0 Å². The Balaban J connectivity index is 2.47.